The second-order valence-corrected chi connectivity index (χ2v) is 10.8. The van der Waals surface area contributed by atoms with Crippen LogP contribution >= 0.6 is 0 Å². The third-order valence-electron chi connectivity index (χ3n) is 6.62. The van der Waals surface area contributed by atoms with Gasteiger partial charge in [-0.3, -0.25) is 4.79 Å². The fourth-order valence-corrected chi connectivity index (χ4v) is 6.50. The Labute approximate surface area is 188 Å². The lowest BCUT2D eigenvalue weighted by Gasteiger charge is -2.34. The number of imidazole rings is 1. The number of sulfonamides is 1. The van der Waals surface area contributed by atoms with Gasteiger partial charge in [-0.05, 0) is 62.4 Å². The molecule has 2 aromatic carbocycles. The second-order valence-electron chi connectivity index (χ2n) is 8.85. The zero-order valence-corrected chi connectivity index (χ0v) is 19.0. The van der Waals surface area contributed by atoms with E-state index in [1.807, 2.05) is 24.0 Å². The number of nitrogens with zero attached hydrogens (tertiary/aromatic N) is 3. The van der Waals surface area contributed by atoms with E-state index in [1.165, 1.54) is 4.31 Å². The molecule has 3 heterocycles. The van der Waals surface area contributed by atoms with Crippen LogP contribution in [0.4, 0.5) is 0 Å². The summed E-state index contributed by atoms with van der Waals surface area (Å²) in [7, 11) is -3.60. The van der Waals surface area contributed by atoms with Crippen molar-refractivity contribution in [1.29, 1.82) is 0 Å². The molecule has 5 rings (SSSR count). The van der Waals surface area contributed by atoms with E-state index in [9.17, 15) is 13.2 Å². The third kappa shape index (κ3) is 3.82. The van der Waals surface area contributed by atoms with Crippen LogP contribution in [-0.4, -0.2) is 53.1 Å². The first kappa shape index (κ1) is 21.2. The Kier molecular flexibility index (Phi) is 5.51. The number of piperidine rings is 1. The normalized spacial score (nSPS) is 22.5. The first-order chi connectivity index (χ1) is 15.4. The molecule has 0 saturated carbocycles. The molecule has 3 aromatic rings. The van der Waals surface area contributed by atoms with Crippen LogP contribution in [0.25, 0.3) is 11.0 Å². The molecule has 2 aliphatic heterocycles. The number of carbonyl (C=O) groups excluding carboxylic acids is 1. The van der Waals surface area contributed by atoms with E-state index in [-0.39, 0.29) is 29.3 Å². The summed E-state index contributed by atoms with van der Waals surface area (Å²) in [4.78, 5) is 23.9. The number of aryl methyl sites for hydroxylation is 1. The third-order valence-corrected chi connectivity index (χ3v) is 8.50. The number of hydrogen-bond acceptors (Lipinski definition) is 4. The average Bonchev–Trinajstić information content (AvgIpc) is 3.46. The van der Waals surface area contributed by atoms with E-state index in [2.05, 4.69) is 11.1 Å². The molecule has 2 atom stereocenters. The molecule has 7 nitrogen and oxygen atoms in total. The van der Waals surface area contributed by atoms with Gasteiger partial charge in [-0.1, -0.05) is 24.3 Å². The van der Waals surface area contributed by atoms with Gasteiger partial charge in [0, 0.05) is 19.6 Å². The molecule has 32 heavy (non-hydrogen) atoms. The van der Waals surface area contributed by atoms with Gasteiger partial charge in [0.1, 0.15) is 5.82 Å². The van der Waals surface area contributed by atoms with Gasteiger partial charge in [0.2, 0.25) is 15.9 Å². The minimum Gasteiger partial charge on any atom is -0.340 e. The van der Waals surface area contributed by atoms with Crippen LogP contribution in [0.2, 0.25) is 0 Å². The molecule has 2 unspecified atom stereocenters. The Morgan fingerprint density at radius 2 is 1.84 bits per heavy atom. The summed E-state index contributed by atoms with van der Waals surface area (Å²) in [6, 6.07) is 14.5. The minimum atomic E-state index is -3.60. The van der Waals surface area contributed by atoms with E-state index >= 15 is 0 Å². The predicted octanol–water partition coefficient (Wildman–Crippen LogP) is 3.64. The van der Waals surface area contributed by atoms with Crippen molar-refractivity contribution in [2.45, 2.75) is 43.5 Å². The topological polar surface area (TPSA) is 86.4 Å². The number of aromatic nitrogens is 2. The molecule has 0 spiro atoms. The Bertz CT molecular complexity index is 1240. The number of amides is 1. The smallest absolute Gasteiger partial charge is 0.243 e. The maximum atomic E-state index is 13.5. The molecule has 1 aromatic heterocycles. The van der Waals surface area contributed by atoms with Crippen LogP contribution in [0.15, 0.2) is 53.4 Å². The molecular formula is C24H28N4O3S. The van der Waals surface area contributed by atoms with Crippen molar-refractivity contribution in [3.05, 3.63) is 59.9 Å². The average molecular weight is 453 g/mol. The monoisotopic (exact) mass is 452 g/mol. The van der Waals surface area contributed by atoms with Gasteiger partial charge in [-0.25, -0.2) is 13.4 Å². The lowest BCUT2D eigenvalue weighted by atomic mass is 9.97. The Hall–Kier alpha value is -2.71. The van der Waals surface area contributed by atoms with Gasteiger partial charge < -0.3 is 9.88 Å². The van der Waals surface area contributed by atoms with Crippen molar-refractivity contribution in [2.24, 2.45) is 5.92 Å². The van der Waals surface area contributed by atoms with Crippen LogP contribution in [0.5, 0.6) is 0 Å². The number of likely N-dealkylation sites (tertiary alicyclic amines) is 1. The van der Waals surface area contributed by atoms with Gasteiger partial charge in [-0.2, -0.15) is 4.31 Å². The number of hydrogen-bond donors (Lipinski definition) is 1. The molecule has 168 valence electrons. The van der Waals surface area contributed by atoms with Gasteiger partial charge in [0.05, 0.1) is 27.9 Å². The summed E-state index contributed by atoms with van der Waals surface area (Å²) in [6.07, 6.45) is 3.18. The van der Waals surface area contributed by atoms with Crippen molar-refractivity contribution in [3.63, 3.8) is 0 Å². The Balaban J connectivity index is 1.35. The van der Waals surface area contributed by atoms with Crippen LogP contribution in [0.3, 0.4) is 0 Å². The van der Waals surface area contributed by atoms with Crippen molar-refractivity contribution >= 4 is 27.0 Å². The minimum absolute atomic E-state index is 0.0390. The SMILES string of the molecule is Cc1ccc2nc(C3CCCN3C(=O)C3CCCN(S(=O)(=O)c4ccccc4)C3)[nH]c2c1. The van der Waals surface area contributed by atoms with Crippen molar-refractivity contribution in [3.8, 4) is 0 Å². The molecule has 8 heteroatoms. The zero-order valence-electron chi connectivity index (χ0n) is 18.2. The van der Waals surface area contributed by atoms with Crippen molar-refractivity contribution in [2.75, 3.05) is 19.6 Å². The van der Waals surface area contributed by atoms with Crippen LogP contribution in [0, 0.1) is 12.8 Å². The van der Waals surface area contributed by atoms with Crippen molar-refractivity contribution in [1.82, 2.24) is 19.2 Å². The van der Waals surface area contributed by atoms with Gasteiger partial charge in [0.15, 0.2) is 0 Å². The standard InChI is InChI=1S/C24H28N4O3S/c1-17-11-12-20-21(15-17)26-23(25-20)22-10-6-14-28(22)24(29)18-7-5-13-27(16-18)32(30,31)19-8-3-2-4-9-19/h2-4,8-9,11-12,15,18,22H,5-7,10,13-14,16H2,1H3,(H,25,26). The number of H-pyrrole nitrogens is 1. The van der Waals surface area contributed by atoms with Crippen LogP contribution < -0.4 is 0 Å². The highest BCUT2D eigenvalue weighted by Crippen LogP contribution is 2.34. The van der Waals surface area contributed by atoms with E-state index in [1.54, 1.807) is 30.3 Å². The summed E-state index contributed by atoms with van der Waals surface area (Å²) in [5, 5.41) is 0. The van der Waals surface area contributed by atoms with E-state index in [0.29, 0.717) is 25.9 Å². The number of rotatable bonds is 4. The van der Waals surface area contributed by atoms with Crippen LogP contribution in [-0.2, 0) is 14.8 Å². The summed E-state index contributed by atoms with van der Waals surface area (Å²) in [5.74, 6) is 0.535. The van der Waals surface area contributed by atoms with Gasteiger partial charge in [-0.15, -0.1) is 0 Å². The summed E-state index contributed by atoms with van der Waals surface area (Å²) < 4.78 is 27.6. The van der Waals surface area contributed by atoms with E-state index in [4.69, 9.17) is 4.98 Å². The zero-order chi connectivity index (χ0) is 22.3. The maximum Gasteiger partial charge on any atom is 0.243 e. The molecule has 0 bridgehead atoms. The number of carbonyl (C=O) groups is 1. The summed E-state index contributed by atoms with van der Waals surface area (Å²) in [5.41, 5.74) is 3.05. The molecule has 1 amide bonds. The Morgan fingerprint density at radius 1 is 1.06 bits per heavy atom. The summed E-state index contributed by atoms with van der Waals surface area (Å²) >= 11 is 0. The number of aromatic amines is 1. The molecule has 2 aliphatic rings. The number of benzene rings is 2. The van der Waals surface area contributed by atoms with Gasteiger partial charge >= 0.3 is 0 Å². The van der Waals surface area contributed by atoms with E-state index in [0.717, 1.165) is 35.3 Å². The largest absolute Gasteiger partial charge is 0.340 e. The highest BCUT2D eigenvalue weighted by atomic mass is 32.2. The quantitative estimate of drug-likeness (QED) is 0.655. The molecule has 2 saturated heterocycles. The fraction of sp³-hybridized carbons (Fsp3) is 0.417. The van der Waals surface area contributed by atoms with Gasteiger partial charge in [0.25, 0.3) is 0 Å². The number of nitrogens with one attached hydrogen (secondary N) is 1. The second kappa shape index (κ2) is 8.33. The predicted molar refractivity (Wildman–Crippen MR) is 122 cm³/mol. The highest BCUT2D eigenvalue weighted by molar-refractivity contribution is 7.89. The first-order valence-corrected chi connectivity index (χ1v) is 12.7. The fourth-order valence-electron chi connectivity index (χ4n) is 4.95. The van der Waals surface area contributed by atoms with E-state index < -0.39 is 10.0 Å². The molecule has 2 fully saturated rings. The van der Waals surface area contributed by atoms with Crippen molar-refractivity contribution < 1.29 is 13.2 Å². The van der Waals surface area contributed by atoms with Crippen LogP contribution in [0.1, 0.15) is 43.1 Å². The highest BCUT2D eigenvalue weighted by Gasteiger charge is 2.39. The summed E-state index contributed by atoms with van der Waals surface area (Å²) in [6.45, 7) is 3.41. The number of fused-ring (bicyclic) bond motifs is 1. The molecular weight excluding hydrogens is 424 g/mol. The maximum absolute atomic E-state index is 13.5. The molecule has 0 aliphatic carbocycles. The Morgan fingerprint density at radius 3 is 2.66 bits per heavy atom. The lowest BCUT2D eigenvalue weighted by molar-refractivity contribution is -0.137. The first-order valence-electron chi connectivity index (χ1n) is 11.3. The molecule has 1 N–H and O–H groups in total. The molecule has 0 radical (unpaired) electrons. The lowest BCUT2D eigenvalue weighted by Crippen LogP contribution is -2.46.